The molecule has 13 heteroatoms. The molecule has 2 unspecified atom stereocenters. The lowest BCUT2D eigenvalue weighted by molar-refractivity contribution is -0.137. The van der Waals surface area contributed by atoms with Crippen molar-refractivity contribution in [2.75, 3.05) is 64.2 Å². The van der Waals surface area contributed by atoms with Gasteiger partial charge in [-0.05, 0) is 5.56 Å². The topological polar surface area (TPSA) is 159 Å². The summed E-state index contributed by atoms with van der Waals surface area (Å²) in [6, 6.07) is 9.82. The Balaban J connectivity index is 2.11. The summed E-state index contributed by atoms with van der Waals surface area (Å²) < 4.78 is 25.2. The molecule has 2 atom stereocenters. The van der Waals surface area contributed by atoms with Crippen molar-refractivity contribution in [2.24, 2.45) is 0 Å². The Hall–Kier alpha value is -1.58. The zero-order valence-corrected chi connectivity index (χ0v) is 21.0. The molecule has 1 aliphatic rings. The maximum atomic E-state index is 12.6. The van der Waals surface area contributed by atoms with E-state index in [1.807, 2.05) is 30.3 Å². The second-order valence-corrected chi connectivity index (χ2v) is 13.6. The lowest BCUT2D eigenvalue weighted by Crippen LogP contribution is -2.37. The third-order valence-corrected chi connectivity index (χ3v) is 9.17. The summed E-state index contributed by atoms with van der Waals surface area (Å²) in [7, 11) is -7.39. The highest BCUT2D eigenvalue weighted by molar-refractivity contribution is 7.58. The molecule has 0 aliphatic carbocycles. The Morgan fingerprint density at radius 2 is 1.09 bits per heavy atom. The van der Waals surface area contributed by atoms with Gasteiger partial charge in [0.25, 0.3) is 0 Å². The molecule has 1 heterocycles. The zero-order chi connectivity index (χ0) is 25.2. The van der Waals surface area contributed by atoms with Crippen LogP contribution in [0.15, 0.2) is 30.3 Å². The minimum atomic E-state index is -3.69. The van der Waals surface area contributed by atoms with E-state index in [1.54, 1.807) is 9.80 Å². The standard InChI is InChI=1S/C21H35N3O8P2/c25-20(26)6-14-33(29,30)17-23-10-8-22(16-19-4-2-1-3-5-19)9-11-24(13-12-23)18-34(31,32)15-7-21(27)28/h1-5H,6-18H2,(H,25,26)(H,27,28)(H,29,30)(H,31,32). The van der Waals surface area contributed by atoms with E-state index in [0.29, 0.717) is 45.8 Å². The van der Waals surface area contributed by atoms with E-state index in [-0.39, 0.29) is 37.7 Å². The van der Waals surface area contributed by atoms with Crippen LogP contribution < -0.4 is 0 Å². The molecule has 11 nitrogen and oxygen atoms in total. The van der Waals surface area contributed by atoms with Crippen molar-refractivity contribution in [3.63, 3.8) is 0 Å². The van der Waals surface area contributed by atoms with Gasteiger partial charge in [-0.3, -0.25) is 33.4 Å². The summed E-state index contributed by atoms with van der Waals surface area (Å²) in [5, 5.41) is 17.7. The molecule has 1 aliphatic heterocycles. The predicted octanol–water partition coefficient (Wildman–Crippen LogP) is 1.51. The summed E-state index contributed by atoms with van der Waals surface area (Å²) in [5.41, 5.74) is 1.10. The van der Waals surface area contributed by atoms with E-state index < -0.39 is 26.7 Å². The van der Waals surface area contributed by atoms with E-state index in [9.17, 15) is 28.5 Å². The molecule has 192 valence electrons. The van der Waals surface area contributed by atoms with Crippen LogP contribution in [0.3, 0.4) is 0 Å². The second kappa shape index (κ2) is 13.5. The molecule has 0 saturated carbocycles. The van der Waals surface area contributed by atoms with Gasteiger partial charge in [0.2, 0.25) is 14.7 Å². The number of aliphatic carboxylic acids is 2. The number of benzene rings is 1. The van der Waals surface area contributed by atoms with Gasteiger partial charge in [0.15, 0.2) is 0 Å². The minimum absolute atomic E-state index is 0.150. The first kappa shape index (κ1) is 28.7. The van der Waals surface area contributed by atoms with Crippen LogP contribution in [-0.4, -0.2) is 111 Å². The molecule has 0 amide bonds. The fourth-order valence-electron chi connectivity index (χ4n) is 3.77. The van der Waals surface area contributed by atoms with Crippen LogP contribution in [0.25, 0.3) is 0 Å². The molecule has 34 heavy (non-hydrogen) atoms. The van der Waals surface area contributed by atoms with E-state index in [2.05, 4.69) is 4.90 Å². The van der Waals surface area contributed by atoms with Crippen LogP contribution in [-0.2, 0) is 25.3 Å². The molecular weight excluding hydrogens is 484 g/mol. The first-order chi connectivity index (χ1) is 15.9. The average molecular weight is 519 g/mol. The number of hydrogen-bond donors (Lipinski definition) is 4. The quantitative estimate of drug-likeness (QED) is 0.297. The van der Waals surface area contributed by atoms with Crippen molar-refractivity contribution in [1.82, 2.24) is 14.7 Å². The fourth-order valence-corrected chi connectivity index (χ4v) is 6.95. The Morgan fingerprint density at radius 1 is 0.706 bits per heavy atom. The summed E-state index contributed by atoms with van der Waals surface area (Å²) in [6.07, 6.45) is -1.68. The first-order valence-electron chi connectivity index (χ1n) is 11.2. The van der Waals surface area contributed by atoms with E-state index >= 15 is 0 Å². The predicted molar refractivity (Wildman–Crippen MR) is 128 cm³/mol. The molecule has 1 saturated heterocycles. The van der Waals surface area contributed by atoms with Gasteiger partial charge < -0.3 is 20.0 Å². The first-order valence-corrected chi connectivity index (χ1v) is 15.3. The van der Waals surface area contributed by atoms with Crippen LogP contribution in [0.2, 0.25) is 0 Å². The fraction of sp³-hybridized carbons (Fsp3) is 0.619. The normalized spacial score (nSPS) is 20.4. The molecule has 0 spiro atoms. The summed E-state index contributed by atoms with van der Waals surface area (Å²) in [5.74, 6) is -2.25. The number of carbonyl (C=O) groups is 2. The van der Waals surface area contributed by atoms with Crippen molar-refractivity contribution in [2.45, 2.75) is 19.4 Å². The third kappa shape index (κ3) is 11.7. The largest absolute Gasteiger partial charge is 0.481 e. The molecule has 0 bridgehead atoms. The number of carboxylic acids is 2. The molecule has 4 N–H and O–H groups in total. The lowest BCUT2D eigenvalue weighted by atomic mass is 10.2. The van der Waals surface area contributed by atoms with Crippen molar-refractivity contribution in [1.29, 1.82) is 0 Å². The van der Waals surface area contributed by atoms with E-state index in [1.165, 1.54) is 0 Å². The summed E-state index contributed by atoms with van der Waals surface area (Å²) >= 11 is 0. The number of nitrogens with zero attached hydrogens (tertiary/aromatic N) is 3. The molecule has 1 aromatic carbocycles. The average Bonchev–Trinajstić information content (AvgIpc) is 2.84. The molecular formula is C21H35N3O8P2. The number of rotatable bonds is 12. The smallest absolute Gasteiger partial charge is 0.303 e. The number of hydrogen-bond acceptors (Lipinski definition) is 7. The van der Waals surface area contributed by atoms with Crippen molar-refractivity contribution >= 4 is 26.7 Å². The Bertz CT molecular complexity index is 849. The Kier molecular flexibility index (Phi) is 11.4. The van der Waals surface area contributed by atoms with Gasteiger partial charge in [0.1, 0.15) is 0 Å². The lowest BCUT2D eigenvalue weighted by Gasteiger charge is -2.28. The highest BCUT2D eigenvalue weighted by atomic mass is 31.2. The molecule has 2 rings (SSSR count). The summed E-state index contributed by atoms with van der Waals surface area (Å²) in [4.78, 5) is 48.0. The molecule has 0 radical (unpaired) electrons. The molecule has 1 aromatic rings. The van der Waals surface area contributed by atoms with Crippen LogP contribution >= 0.6 is 14.7 Å². The maximum absolute atomic E-state index is 12.6. The van der Waals surface area contributed by atoms with Crippen molar-refractivity contribution in [3.8, 4) is 0 Å². The Labute approximate surface area is 199 Å². The summed E-state index contributed by atoms with van der Waals surface area (Å²) in [6.45, 7) is 3.59. The van der Waals surface area contributed by atoms with E-state index in [4.69, 9.17) is 10.2 Å². The Morgan fingerprint density at radius 3 is 1.47 bits per heavy atom. The third-order valence-electron chi connectivity index (χ3n) is 5.64. The van der Waals surface area contributed by atoms with Gasteiger partial charge in [-0.15, -0.1) is 0 Å². The second-order valence-electron chi connectivity index (χ2n) is 8.71. The van der Waals surface area contributed by atoms with Gasteiger partial charge in [-0.2, -0.15) is 0 Å². The van der Waals surface area contributed by atoms with E-state index in [0.717, 1.165) is 5.56 Å². The van der Waals surface area contributed by atoms with Crippen LogP contribution in [0.5, 0.6) is 0 Å². The molecule has 1 fully saturated rings. The van der Waals surface area contributed by atoms with Crippen molar-refractivity contribution < 1.29 is 38.7 Å². The zero-order valence-electron chi connectivity index (χ0n) is 19.2. The highest BCUT2D eigenvalue weighted by Crippen LogP contribution is 2.43. The van der Waals surface area contributed by atoms with Crippen LogP contribution in [0.4, 0.5) is 0 Å². The van der Waals surface area contributed by atoms with Gasteiger partial charge in [-0.1, -0.05) is 30.3 Å². The maximum Gasteiger partial charge on any atom is 0.303 e. The SMILES string of the molecule is O=C(O)CCP(=O)(O)CN1CCN(Cc2ccccc2)CCN(CP(=O)(O)CCC(=O)O)CC1. The van der Waals surface area contributed by atoms with Gasteiger partial charge in [0, 0.05) is 58.1 Å². The minimum Gasteiger partial charge on any atom is -0.481 e. The van der Waals surface area contributed by atoms with Gasteiger partial charge in [-0.25, -0.2) is 0 Å². The number of carboxylic acid groups (broad SMARTS) is 2. The van der Waals surface area contributed by atoms with Crippen LogP contribution in [0.1, 0.15) is 18.4 Å². The van der Waals surface area contributed by atoms with Crippen LogP contribution in [0, 0.1) is 0 Å². The monoisotopic (exact) mass is 519 g/mol. The van der Waals surface area contributed by atoms with Gasteiger partial charge in [0.05, 0.1) is 25.4 Å². The molecule has 0 aromatic heterocycles. The highest BCUT2D eigenvalue weighted by Gasteiger charge is 2.28. The van der Waals surface area contributed by atoms with Crippen molar-refractivity contribution in [3.05, 3.63) is 35.9 Å². The van der Waals surface area contributed by atoms with Gasteiger partial charge >= 0.3 is 11.9 Å².